The smallest absolute Gasteiger partial charge is 0.255 e. The molecule has 0 spiro atoms. The summed E-state index contributed by atoms with van der Waals surface area (Å²) in [7, 11) is 0. The topological polar surface area (TPSA) is 49.4 Å². The van der Waals surface area contributed by atoms with Crippen molar-refractivity contribution < 1.29 is 9.59 Å². The van der Waals surface area contributed by atoms with Crippen LogP contribution in [0.25, 0.3) is 0 Å². The maximum absolute atomic E-state index is 13.6. The minimum Gasteiger partial charge on any atom is -0.352 e. The summed E-state index contributed by atoms with van der Waals surface area (Å²) < 4.78 is 0. The minimum absolute atomic E-state index is 0.0146. The maximum atomic E-state index is 13.6. The van der Waals surface area contributed by atoms with Gasteiger partial charge in [0, 0.05) is 17.4 Å². The lowest BCUT2D eigenvalue weighted by Gasteiger charge is -2.37. The molecule has 166 valence electrons. The van der Waals surface area contributed by atoms with E-state index in [4.69, 9.17) is 0 Å². The number of carbonyl (C=O) groups excluding carboxylic acids is 2. The van der Waals surface area contributed by atoms with Gasteiger partial charge in [-0.1, -0.05) is 72.9 Å². The third kappa shape index (κ3) is 5.22. The average Bonchev–Trinajstić information content (AvgIpc) is 3.13. The number of carbonyl (C=O) groups is 2. The summed E-state index contributed by atoms with van der Waals surface area (Å²) >= 11 is 1.73. The Morgan fingerprint density at radius 3 is 2.10 bits per heavy atom. The van der Waals surface area contributed by atoms with E-state index in [-0.39, 0.29) is 34.1 Å². The molecule has 0 aromatic heterocycles. The molecular weight excluding hydrogens is 392 g/mol. The summed E-state index contributed by atoms with van der Waals surface area (Å²) in [6.45, 7) is 13.0. The summed E-state index contributed by atoms with van der Waals surface area (Å²) in [4.78, 5) is 28.7. The molecule has 1 saturated heterocycles. The summed E-state index contributed by atoms with van der Waals surface area (Å²) in [5, 5.41) is 3.23. The van der Waals surface area contributed by atoms with Crippen LogP contribution in [-0.2, 0) is 10.2 Å². The minimum atomic E-state index is -0.407. The fourth-order valence-electron chi connectivity index (χ4n) is 4.43. The van der Waals surface area contributed by atoms with E-state index in [1.807, 2.05) is 29.2 Å². The fraction of sp³-hybridized carbons (Fsp3) is 0.680. The van der Waals surface area contributed by atoms with Crippen LogP contribution < -0.4 is 5.32 Å². The van der Waals surface area contributed by atoms with Crippen molar-refractivity contribution in [2.24, 2.45) is 5.41 Å². The summed E-state index contributed by atoms with van der Waals surface area (Å²) in [5.41, 5.74) is 1.80. The molecule has 2 aliphatic rings. The zero-order valence-electron chi connectivity index (χ0n) is 19.5. The highest BCUT2D eigenvalue weighted by Crippen LogP contribution is 2.41. The zero-order chi connectivity index (χ0) is 22.1. The number of nitrogens with one attached hydrogen (secondary N) is 1. The van der Waals surface area contributed by atoms with E-state index in [1.165, 1.54) is 24.8 Å². The van der Waals surface area contributed by atoms with Gasteiger partial charge in [-0.15, -0.1) is 11.8 Å². The molecule has 2 fully saturated rings. The van der Waals surface area contributed by atoms with Gasteiger partial charge in [0.1, 0.15) is 6.04 Å². The predicted molar refractivity (Wildman–Crippen MR) is 126 cm³/mol. The van der Waals surface area contributed by atoms with E-state index in [0.717, 1.165) is 12.8 Å². The first-order chi connectivity index (χ1) is 14.0. The first kappa shape index (κ1) is 23.2. The van der Waals surface area contributed by atoms with Gasteiger partial charge in [-0.05, 0) is 41.4 Å². The molecular formula is C25H38N2O2S. The second kappa shape index (κ2) is 8.94. The number of rotatable bonds is 3. The quantitative estimate of drug-likeness (QED) is 0.702. The van der Waals surface area contributed by atoms with Gasteiger partial charge in [-0.25, -0.2) is 0 Å². The van der Waals surface area contributed by atoms with Crippen LogP contribution in [-0.4, -0.2) is 39.9 Å². The molecule has 5 heteroatoms. The number of thioether (sulfide) groups is 1. The number of nitrogens with zero attached hydrogens (tertiary/aromatic N) is 1. The van der Waals surface area contributed by atoms with E-state index in [0.29, 0.717) is 11.3 Å². The zero-order valence-corrected chi connectivity index (χ0v) is 20.3. The van der Waals surface area contributed by atoms with Crippen LogP contribution in [0.3, 0.4) is 0 Å². The van der Waals surface area contributed by atoms with Crippen LogP contribution >= 0.6 is 11.8 Å². The first-order valence-electron chi connectivity index (χ1n) is 11.3. The van der Waals surface area contributed by atoms with Crippen LogP contribution in [0.5, 0.6) is 0 Å². The van der Waals surface area contributed by atoms with Gasteiger partial charge < -0.3 is 10.2 Å². The Balaban J connectivity index is 1.83. The molecule has 2 amide bonds. The van der Waals surface area contributed by atoms with Crippen molar-refractivity contribution in [2.45, 2.75) is 96.5 Å². The Kier molecular flexibility index (Phi) is 6.91. The lowest BCUT2D eigenvalue weighted by Crippen LogP contribution is -2.54. The van der Waals surface area contributed by atoms with Crippen molar-refractivity contribution in [1.82, 2.24) is 10.2 Å². The Hall–Kier alpha value is -1.49. The lowest BCUT2D eigenvalue weighted by molar-refractivity contribution is -0.126. The Bertz CT molecular complexity index is 755. The molecule has 1 heterocycles. The molecule has 1 aliphatic heterocycles. The number of hydrogen-bond acceptors (Lipinski definition) is 3. The fourth-order valence-corrected chi connectivity index (χ4v) is 6.01. The molecule has 4 nitrogen and oxygen atoms in total. The van der Waals surface area contributed by atoms with Crippen molar-refractivity contribution in [3.05, 3.63) is 35.4 Å². The van der Waals surface area contributed by atoms with Crippen molar-refractivity contribution >= 4 is 23.6 Å². The van der Waals surface area contributed by atoms with Gasteiger partial charge in [0.25, 0.3) is 5.91 Å². The van der Waals surface area contributed by atoms with Gasteiger partial charge >= 0.3 is 0 Å². The van der Waals surface area contributed by atoms with Crippen LogP contribution in [0.4, 0.5) is 0 Å². The van der Waals surface area contributed by atoms with Crippen LogP contribution in [0.15, 0.2) is 24.3 Å². The van der Waals surface area contributed by atoms with Crippen molar-refractivity contribution in [1.29, 1.82) is 0 Å². The van der Waals surface area contributed by atoms with E-state index in [9.17, 15) is 9.59 Å². The summed E-state index contributed by atoms with van der Waals surface area (Å²) in [6, 6.07) is 7.77. The van der Waals surface area contributed by atoms with Gasteiger partial charge in [0.2, 0.25) is 5.91 Å². The highest BCUT2D eigenvalue weighted by atomic mass is 32.2. The van der Waals surface area contributed by atoms with Gasteiger partial charge in [-0.3, -0.25) is 9.59 Å². The molecule has 0 bridgehead atoms. The molecule has 1 aromatic rings. The lowest BCUT2D eigenvalue weighted by atomic mass is 9.86. The second-order valence-corrected chi connectivity index (χ2v) is 12.1. The van der Waals surface area contributed by atoms with E-state index >= 15 is 0 Å². The van der Waals surface area contributed by atoms with Gasteiger partial charge in [-0.2, -0.15) is 0 Å². The standard InChI is InChI=1S/C25H38N2O2S/c1-24(2,3)18-14-12-17(13-15-18)22(29)27-20(16-30-23(27)25(4,5)6)21(28)26-19-10-8-7-9-11-19/h12-15,19-20,23H,7-11,16H2,1-6H3,(H,26,28). The van der Waals surface area contributed by atoms with E-state index < -0.39 is 6.04 Å². The second-order valence-electron chi connectivity index (χ2n) is 11.0. The molecule has 1 aliphatic carbocycles. The van der Waals surface area contributed by atoms with Crippen molar-refractivity contribution in [3.63, 3.8) is 0 Å². The Labute approximate surface area is 186 Å². The van der Waals surface area contributed by atoms with Crippen molar-refractivity contribution in [3.8, 4) is 0 Å². The third-order valence-electron chi connectivity index (χ3n) is 6.23. The third-order valence-corrected chi connectivity index (χ3v) is 7.99. The first-order valence-corrected chi connectivity index (χ1v) is 12.4. The van der Waals surface area contributed by atoms with E-state index in [1.54, 1.807) is 11.8 Å². The number of amides is 2. The monoisotopic (exact) mass is 430 g/mol. The molecule has 2 unspecified atom stereocenters. The largest absolute Gasteiger partial charge is 0.352 e. The molecule has 3 rings (SSSR count). The van der Waals surface area contributed by atoms with Gasteiger partial charge in [0.15, 0.2) is 0 Å². The molecule has 1 N–H and O–H groups in total. The Morgan fingerprint density at radius 2 is 1.57 bits per heavy atom. The molecule has 2 atom stereocenters. The highest BCUT2D eigenvalue weighted by molar-refractivity contribution is 8.00. The summed E-state index contributed by atoms with van der Waals surface area (Å²) in [6.07, 6.45) is 5.72. The molecule has 1 saturated carbocycles. The maximum Gasteiger partial charge on any atom is 0.255 e. The highest BCUT2D eigenvalue weighted by Gasteiger charge is 2.46. The van der Waals surface area contributed by atoms with Gasteiger partial charge in [0.05, 0.1) is 5.37 Å². The number of hydrogen-bond donors (Lipinski definition) is 1. The van der Waals surface area contributed by atoms with Crippen molar-refractivity contribution in [2.75, 3.05) is 5.75 Å². The summed E-state index contributed by atoms with van der Waals surface area (Å²) in [5.74, 6) is 0.636. The molecule has 0 radical (unpaired) electrons. The normalized spacial score (nSPS) is 23.5. The number of benzene rings is 1. The average molecular weight is 431 g/mol. The SMILES string of the molecule is CC(C)(C)c1ccc(C(=O)N2C(C(=O)NC3CCCCC3)CSC2C(C)(C)C)cc1. The Morgan fingerprint density at radius 1 is 0.967 bits per heavy atom. The van der Waals surface area contributed by atoms with Crippen LogP contribution in [0, 0.1) is 5.41 Å². The van der Waals surface area contributed by atoms with Crippen LogP contribution in [0.1, 0.15) is 89.6 Å². The molecule has 1 aromatic carbocycles. The molecule has 30 heavy (non-hydrogen) atoms. The van der Waals surface area contributed by atoms with Crippen LogP contribution in [0.2, 0.25) is 0 Å². The predicted octanol–water partition coefficient (Wildman–Crippen LogP) is 5.36. The van der Waals surface area contributed by atoms with E-state index in [2.05, 4.69) is 46.9 Å².